The average molecular weight is 432 g/mol. The number of benzene rings is 2. The highest BCUT2D eigenvalue weighted by atomic mass is 35.5. The van der Waals surface area contributed by atoms with E-state index >= 15 is 0 Å². The molecule has 1 aliphatic heterocycles. The van der Waals surface area contributed by atoms with Gasteiger partial charge in [0.25, 0.3) is 0 Å². The van der Waals surface area contributed by atoms with Crippen molar-refractivity contribution >= 4 is 40.1 Å². The predicted octanol–water partition coefficient (Wildman–Crippen LogP) is 4.73. The minimum atomic E-state index is -0.813. The van der Waals surface area contributed by atoms with E-state index in [4.69, 9.17) is 23.2 Å². The fraction of sp³-hybridized carbons (Fsp3) is 0.318. The lowest BCUT2D eigenvalue weighted by atomic mass is 10.0. The van der Waals surface area contributed by atoms with E-state index in [9.17, 15) is 9.90 Å². The van der Waals surface area contributed by atoms with E-state index in [1.165, 1.54) is 0 Å². The highest BCUT2D eigenvalue weighted by Crippen LogP contribution is 2.32. The minimum absolute atomic E-state index is 0.627. The maximum atomic E-state index is 12.2. The van der Waals surface area contributed by atoms with Crippen LogP contribution in [-0.2, 0) is 11.3 Å². The van der Waals surface area contributed by atoms with Gasteiger partial charge >= 0.3 is 5.97 Å². The lowest BCUT2D eigenvalue weighted by molar-refractivity contribution is -0.144. The number of piperazine rings is 1. The highest BCUT2D eigenvalue weighted by molar-refractivity contribution is 6.35. The van der Waals surface area contributed by atoms with Crippen LogP contribution in [0.1, 0.15) is 22.9 Å². The Hall–Kier alpha value is -2.05. The molecule has 1 fully saturated rings. The fourth-order valence-electron chi connectivity index (χ4n) is 4.18. The number of para-hydroxylation sites is 1. The van der Waals surface area contributed by atoms with Gasteiger partial charge in [-0.05, 0) is 30.7 Å². The van der Waals surface area contributed by atoms with Gasteiger partial charge in [-0.1, -0.05) is 47.5 Å². The third-order valence-electron chi connectivity index (χ3n) is 5.63. The van der Waals surface area contributed by atoms with E-state index in [0.717, 1.165) is 47.4 Å². The van der Waals surface area contributed by atoms with Crippen LogP contribution in [0.15, 0.2) is 42.5 Å². The van der Waals surface area contributed by atoms with Gasteiger partial charge in [0, 0.05) is 64.9 Å². The van der Waals surface area contributed by atoms with Gasteiger partial charge in [-0.2, -0.15) is 0 Å². The summed E-state index contributed by atoms with van der Waals surface area (Å²) in [5, 5.41) is 12.3. The molecule has 7 heteroatoms. The van der Waals surface area contributed by atoms with Crippen molar-refractivity contribution in [2.75, 3.05) is 26.2 Å². The summed E-state index contributed by atoms with van der Waals surface area (Å²) >= 11 is 12.3. The maximum absolute atomic E-state index is 12.2. The second-order valence-electron chi connectivity index (χ2n) is 7.50. The van der Waals surface area contributed by atoms with Gasteiger partial charge in [-0.15, -0.1) is 0 Å². The molecule has 5 nitrogen and oxygen atoms in total. The zero-order valence-corrected chi connectivity index (χ0v) is 17.7. The van der Waals surface area contributed by atoms with Crippen molar-refractivity contribution in [3.63, 3.8) is 0 Å². The van der Waals surface area contributed by atoms with Crippen LogP contribution in [-0.4, -0.2) is 52.0 Å². The SMILES string of the molecule is Cc1[nH]c2ccccc2c1[C@@H](C(=O)O)N1CCN(Cc2ccc(Cl)cc2Cl)CC1. The van der Waals surface area contributed by atoms with E-state index in [2.05, 4.69) is 14.8 Å². The molecular weight excluding hydrogens is 409 g/mol. The Balaban J connectivity index is 1.51. The molecule has 2 heterocycles. The molecule has 1 aromatic heterocycles. The van der Waals surface area contributed by atoms with E-state index in [-0.39, 0.29) is 0 Å². The Labute approximate surface area is 179 Å². The van der Waals surface area contributed by atoms with Crippen molar-refractivity contribution in [2.45, 2.75) is 19.5 Å². The van der Waals surface area contributed by atoms with E-state index < -0.39 is 12.0 Å². The zero-order chi connectivity index (χ0) is 20.5. The molecule has 29 heavy (non-hydrogen) atoms. The summed E-state index contributed by atoms with van der Waals surface area (Å²) in [7, 11) is 0. The lowest BCUT2D eigenvalue weighted by Crippen LogP contribution is -2.49. The zero-order valence-electron chi connectivity index (χ0n) is 16.2. The summed E-state index contributed by atoms with van der Waals surface area (Å²) in [5.41, 5.74) is 3.78. The summed E-state index contributed by atoms with van der Waals surface area (Å²) in [6.07, 6.45) is 0. The third kappa shape index (κ3) is 4.14. The summed E-state index contributed by atoms with van der Waals surface area (Å²) in [4.78, 5) is 19.9. The smallest absolute Gasteiger partial charge is 0.325 e. The number of aromatic nitrogens is 1. The number of H-pyrrole nitrogens is 1. The van der Waals surface area contributed by atoms with Gasteiger partial charge in [-0.25, -0.2) is 0 Å². The molecule has 1 saturated heterocycles. The minimum Gasteiger partial charge on any atom is -0.480 e. The molecule has 0 amide bonds. The Morgan fingerprint density at radius 3 is 2.55 bits per heavy atom. The van der Waals surface area contributed by atoms with Crippen molar-refractivity contribution in [1.29, 1.82) is 0 Å². The number of aryl methyl sites for hydroxylation is 1. The number of hydrogen-bond acceptors (Lipinski definition) is 3. The Morgan fingerprint density at radius 1 is 1.14 bits per heavy atom. The second-order valence-corrected chi connectivity index (χ2v) is 8.34. The number of nitrogens with one attached hydrogen (secondary N) is 1. The summed E-state index contributed by atoms with van der Waals surface area (Å²) in [6.45, 7) is 5.61. The van der Waals surface area contributed by atoms with Crippen LogP contribution in [0.25, 0.3) is 10.9 Å². The standard InChI is InChI=1S/C22H23Cl2N3O2/c1-14-20(17-4-2-3-5-19(17)25-14)21(22(28)29)27-10-8-26(9-11-27)13-15-6-7-16(23)12-18(15)24/h2-7,12,21,25H,8-11,13H2,1H3,(H,28,29)/t21-/m0/s1. The number of carboxylic acids is 1. The van der Waals surface area contributed by atoms with Gasteiger partial charge in [0.2, 0.25) is 0 Å². The van der Waals surface area contributed by atoms with Crippen molar-refractivity contribution in [2.24, 2.45) is 0 Å². The number of carboxylic acid groups (broad SMARTS) is 1. The molecule has 0 radical (unpaired) electrons. The van der Waals surface area contributed by atoms with E-state index in [1.807, 2.05) is 43.3 Å². The van der Waals surface area contributed by atoms with Crippen molar-refractivity contribution in [3.8, 4) is 0 Å². The molecule has 0 saturated carbocycles. The normalized spacial score (nSPS) is 16.9. The first-order valence-corrected chi connectivity index (χ1v) is 10.4. The Morgan fingerprint density at radius 2 is 1.86 bits per heavy atom. The first-order valence-electron chi connectivity index (χ1n) is 9.64. The van der Waals surface area contributed by atoms with Gasteiger partial charge in [0.05, 0.1) is 0 Å². The molecule has 0 aliphatic carbocycles. The Bertz CT molecular complexity index is 1040. The molecule has 152 valence electrons. The summed E-state index contributed by atoms with van der Waals surface area (Å²) in [6, 6.07) is 12.8. The molecule has 3 aromatic rings. The van der Waals surface area contributed by atoms with Gasteiger partial charge in [-0.3, -0.25) is 14.6 Å². The number of aromatic amines is 1. The highest BCUT2D eigenvalue weighted by Gasteiger charge is 2.33. The summed E-state index contributed by atoms with van der Waals surface area (Å²) < 4.78 is 0. The van der Waals surface area contributed by atoms with E-state index in [0.29, 0.717) is 23.1 Å². The molecular formula is C22H23Cl2N3O2. The predicted molar refractivity (Wildman–Crippen MR) is 117 cm³/mol. The Kier molecular flexibility index (Phi) is 5.83. The number of aliphatic carboxylic acids is 1. The molecule has 1 atom stereocenters. The van der Waals surface area contributed by atoms with Crippen LogP contribution < -0.4 is 0 Å². The van der Waals surface area contributed by atoms with Crippen LogP contribution >= 0.6 is 23.2 Å². The number of rotatable bonds is 5. The van der Waals surface area contributed by atoms with Crippen LogP contribution in [0.2, 0.25) is 10.0 Å². The van der Waals surface area contributed by atoms with E-state index in [1.54, 1.807) is 6.07 Å². The van der Waals surface area contributed by atoms with Gasteiger partial charge < -0.3 is 10.1 Å². The van der Waals surface area contributed by atoms with Crippen LogP contribution in [0.3, 0.4) is 0 Å². The van der Waals surface area contributed by atoms with Crippen molar-refractivity contribution in [1.82, 2.24) is 14.8 Å². The largest absolute Gasteiger partial charge is 0.480 e. The van der Waals surface area contributed by atoms with Crippen LogP contribution in [0, 0.1) is 6.92 Å². The first kappa shape index (κ1) is 20.2. The lowest BCUT2D eigenvalue weighted by Gasteiger charge is -2.38. The van der Waals surface area contributed by atoms with Crippen LogP contribution in [0.4, 0.5) is 0 Å². The number of carbonyl (C=O) groups is 1. The second kappa shape index (κ2) is 8.36. The molecule has 0 spiro atoms. The maximum Gasteiger partial charge on any atom is 0.325 e. The summed E-state index contributed by atoms with van der Waals surface area (Å²) in [5.74, 6) is -0.813. The molecule has 4 rings (SSSR count). The third-order valence-corrected chi connectivity index (χ3v) is 6.22. The average Bonchev–Trinajstić information content (AvgIpc) is 3.01. The number of fused-ring (bicyclic) bond motifs is 1. The number of hydrogen-bond donors (Lipinski definition) is 2. The van der Waals surface area contributed by atoms with Crippen LogP contribution in [0.5, 0.6) is 0 Å². The molecule has 2 aromatic carbocycles. The fourth-order valence-corrected chi connectivity index (χ4v) is 4.65. The number of nitrogens with zero attached hydrogens (tertiary/aromatic N) is 2. The monoisotopic (exact) mass is 431 g/mol. The van der Waals surface area contributed by atoms with Crippen molar-refractivity contribution in [3.05, 3.63) is 69.3 Å². The molecule has 1 aliphatic rings. The quantitative estimate of drug-likeness (QED) is 0.612. The molecule has 0 unspecified atom stereocenters. The van der Waals surface area contributed by atoms with Gasteiger partial charge in [0.1, 0.15) is 6.04 Å². The number of halogens is 2. The topological polar surface area (TPSA) is 59.6 Å². The molecule has 0 bridgehead atoms. The molecule has 2 N–H and O–H groups in total. The van der Waals surface area contributed by atoms with Crippen molar-refractivity contribution < 1.29 is 9.90 Å². The first-order chi connectivity index (χ1) is 13.9. The van der Waals surface area contributed by atoms with Gasteiger partial charge in [0.15, 0.2) is 0 Å².